The summed E-state index contributed by atoms with van der Waals surface area (Å²) in [5, 5.41) is 11.0. The number of allylic oxidation sites excluding steroid dienone is 2. The molecule has 0 aliphatic heterocycles. The Morgan fingerprint density at radius 3 is 2.75 bits per heavy atom. The molecule has 0 aromatic rings. The van der Waals surface area contributed by atoms with Crippen LogP contribution in [0, 0.1) is 28.6 Å². The van der Waals surface area contributed by atoms with Crippen molar-refractivity contribution in [1.29, 1.82) is 0 Å². The molecular weight excluding hydrogens is 300 g/mol. The van der Waals surface area contributed by atoms with E-state index in [1.807, 2.05) is 0 Å². The number of ketones is 2. The van der Waals surface area contributed by atoms with Gasteiger partial charge in [0.25, 0.3) is 0 Å². The number of fused-ring (bicyclic) bond motifs is 5. The minimum Gasteiger partial charge on any atom is -0.392 e. The van der Waals surface area contributed by atoms with Gasteiger partial charge in [0.1, 0.15) is 5.78 Å². The number of hydrogen-bond donors (Lipinski definition) is 1. The summed E-state index contributed by atoms with van der Waals surface area (Å²) in [4.78, 5) is 24.0. The van der Waals surface area contributed by atoms with Crippen LogP contribution in [0.5, 0.6) is 0 Å². The first-order valence-corrected chi connectivity index (χ1v) is 9.40. The van der Waals surface area contributed by atoms with Crippen molar-refractivity contribution in [3.8, 4) is 0 Å². The Hall–Kier alpha value is -1.22. The summed E-state index contributed by atoms with van der Waals surface area (Å²) in [5.41, 5.74) is 2.40. The summed E-state index contributed by atoms with van der Waals surface area (Å²) in [7, 11) is 0. The highest BCUT2D eigenvalue weighted by Crippen LogP contribution is 2.64. The first-order valence-electron chi connectivity index (χ1n) is 9.40. The molecule has 0 bridgehead atoms. The lowest BCUT2D eigenvalue weighted by atomic mass is 9.50. The maximum Gasteiger partial charge on any atom is 0.155 e. The van der Waals surface area contributed by atoms with Crippen LogP contribution in [0.2, 0.25) is 0 Å². The normalized spacial score (nSPS) is 47.2. The minimum atomic E-state index is -0.420. The van der Waals surface area contributed by atoms with Crippen LogP contribution >= 0.6 is 0 Å². The Kier molecular flexibility index (Phi) is 3.48. The summed E-state index contributed by atoms with van der Waals surface area (Å²) >= 11 is 0. The molecule has 6 atom stereocenters. The summed E-state index contributed by atoms with van der Waals surface area (Å²) in [6, 6.07) is 0. The van der Waals surface area contributed by atoms with Crippen molar-refractivity contribution in [3.05, 3.63) is 23.3 Å². The molecule has 4 rings (SSSR count). The van der Waals surface area contributed by atoms with Crippen molar-refractivity contribution in [1.82, 2.24) is 0 Å². The lowest BCUT2D eigenvalue weighted by molar-refractivity contribution is -0.125. The number of aliphatic hydroxyl groups is 1. The zero-order valence-corrected chi connectivity index (χ0v) is 15.0. The molecule has 1 unspecified atom stereocenters. The molecule has 0 radical (unpaired) electrons. The monoisotopic (exact) mass is 328 g/mol. The first-order chi connectivity index (χ1) is 11.3. The Morgan fingerprint density at radius 2 is 2.04 bits per heavy atom. The number of aliphatic hydroxyl groups excluding tert-OH is 1. The van der Waals surface area contributed by atoms with Crippen LogP contribution in [0.15, 0.2) is 23.3 Å². The zero-order valence-electron chi connectivity index (χ0n) is 15.0. The van der Waals surface area contributed by atoms with Crippen molar-refractivity contribution < 1.29 is 14.7 Å². The highest BCUT2D eigenvalue weighted by atomic mass is 16.3. The second kappa shape index (κ2) is 5.14. The standard InChI is InChI=1S/C21H28O3/c1-12(22)15-4-5-16-19-17(7-9-21(15,16)3)20(2)8-6-14(23)10-13(20)11-18(19)24/h7,10,15-16,18-19,24H,4-6,8-9,11H2,1-3H3/t15-,16+,18?,19+,20+,21-/m1/s1. The third kappa shape index (κ3) is 2.00. The molecule has 0 saturated heterocycles. The molecule has 24 heavy (non-hydrogen) atoms. The van der Waals surface area contributed by atoms with Gasteiger partial charge in [0, 0.05) is 23.7 Å². The van der Waals surface area contributed by atoms with E-state index in [0.717, 1.165) is 31.3 Å². The average Bonchev–Trinajstić information content (AvgIpc) is 2.86. The fraction of sp³-hybridized carbons (Fsp3) is 0.714. The van der Waals surface area contributed by atoms with Gasteiger partial charge in [0.05, 0.1) is 6.10 Å². The lowest BCUT2D eigenvalue weighted by Crippen LogP contribution is -2.50. The molecule has 4 aliphatic rings. The third-order valence-corrected chi connectivity index (χ3v) is 7.85. The van der Waals surface area contributed by atoms with Gasteiger partial charge < -0.3 is 5.11 Å². The Morgan fingerprint density at radius 1 is 1.29 bits per heavy atom. The number of rotatable bonds is 1. The van der Waals surface area contributed by atoms with Crippen LogP contribution in [-0.2, 0) is 9.59 Å². The highest BCUT2D eigenvalue weighted by Gasteiger charge is 2.58. The first kappa shape index (κ1) is 16.3. The topological polar surface area (TPSA) is 54.4 Å². The van der Waals surface area contributed by atoms with Gasteiger partial charge in [0.2, 0.25) is 0 Å². The summed E-state index contributed by atoms with van der Waals surface area (Å²) < 4.78 is 0. The second-order valence-electron chi connectivity index (χ2n) is 8.98. The molecule has 0 amide bonds. The largest absolute Gasteiger partial charge is 0.392 e. The maximum absolute atomic E-state index is 12.1. The van der Waals surface area contributed by atoms with E-state index >= 15 is 0 Å². The fourth-order valence-electron chi connectivity index (χ4n) is 6.49. The zero-order chi connectivity index (χ0) is 17.3. The van der Waals surface area contributed by atoms with E-state index < -0.39 is 6.10 Å². The van der Waals surface area contributed by atoms with Crippen LogP contribution in [0.25, 0.3) is 0 Å². The summed E-state index contributed by atoms with van der Waals surface area (Å²) in [6.45, 7) is 6.24. The van der Waals surface area contributed by atoms with E-state index in [0.29, 0.717) is 24.5 Å². The molecule has 3 nitrogen and oxygen atoms in total. The molecule has 0 heterocycles. The van der Waals surface area contributed by atoms with Crippen LogP contribution in [0.1, 0.15) is 59.3 Å². The number of hydrogen-bond acceptors (Lipinski definition) is 3. The summed E-state index contributed by atoms with van der Waals surface area (Å²) in [5.74, 6) is 1.18. The number of Topliss-reactive ketones (excluding diaryl/α,β-unsaturated/α-hetero) is 1. The molecule has 0 spiro atoms. The average molecular weight is 328 g/mol. The van der Waals surface area contributed by atoms with Gasteiger partial charge in [-0.1, -0.05) is 31.1 Å². The molecule has 0 aromatic heterocycles. The Balaban J connectivity index is 1.79. The molecule has 3 heteroatoms. The van der Waals surface area contributed by atoms with Gasteiger partial charge in [-0.15, -0.1) is 0 Å². The van der Waals surface area contributed by atoms with Crippen LogP contribution < -0.4 is 0 Å². The van der Waals surface area contributed by atoms with E-state index in [1.165, 1.54) is 5.57 Å². The SMILES string of the molecule is CC(=O)[C@H]1CC[C@H]2[C@H]3C(=CC[C@]12C)[C@@]1(C)CCC(=O)C=C1CC3O. The molecule has 4 aliphatic carbocycles. The van der Waals surface area contributed by atoms with Crippen LogP contribution in [-0.4, -0.2) is 22.8 Å². The van der Waals surface area contributed by atoms with Gasteiger partial charge >= 0.3 is 0 Å². The van der Waals surface area contributed by atoms with Crippen molar-refractivity contribution in [2.75, 3.05) is 0 Å². The molecule has 2 saturated carbocycles. The van der Waals surface area contributed by atoms with E-state index in [4.69, 9.17) is 0 Å². The third-order valence-electron chi connectivity index (χ3n) is 7.85. The van der Waals surface area contributed by atoms with Gasteiger partial charge in [-0.2, -0.15) is 0 Å². The minimum absolute atomic E-state index is 0.0109. The quantitative estimate of drug-likeness (QED) is 0.748. The van der Waals surface area contributed by atoms with Crippen molar-refractivity contribution in [2.45, 2.75) is 65.4 Å². The molecule has 0 aromatic carbocycles. The van der Waals surface area contributed by atoms with Gasteiger partial charge in [-0.3, -0.25) is 9.59 Å². The van der Waals surface area contributed by atoms with Gasteiger partial charge in [0.15, 0.2) is 5.78 Å². The smallest absolute Gasteiger partial charge is 0.155 e. The van der Waals surface area contributed by atoms with Crippen molar-refractivity contribution >= 4 is 11.6 Å². The highest BCUT2D eigenvalue weighted by molar-refractivity contribution is 5.92. The Labute approximate surface area is 144 Å². The van der Waals surface area contributed by atoms with Crippen LogP contribution in [0.3, 0.4) is 0 Å². The van der Waals surface area contributed by atoms with Crippen LogP contribution in [0.4, 0.5) is 0 Å². The number of carbonyl (C=O) groups excluding carboxylic acids is 2. The van der Waals surface area contributed by atoms with Gasteiger partial charge in [-0.05, 0) is 56.4 Å². The molecule has 1 N–H and O–H groups in total. The fourth-order valence-corrected chi connectivity index (χ4v) is 6.49. The van der Waals surface area contributed by atoms with Crippen molar-refractivity contribution in [3.63, 3.8) is 0 Å². The summed E-state index contributed by atoms with van der Waals surface area (Å²) in [6.07, 6.45) is 8.71. The second-order valence-corrected chi connectivity index (χ2v) is 8.98. The molecule has 2 fully saturated rings. The lowest BCUT2D eigenvalue weighted by Gasteiger charge is -2.55. The Bertz CT molecular complexity index is 673. The molecular formula is C21H28O3. The van der Waals surface area contributed by atoms with E-state index in [9.17, 15) is 14.7 Å². The van der Waals surface area contributed by atoms with E-state index in [1.54, 1.807) is 13.0 Å². The number of carbonyl (C=O) groups is 2. The van der Waals surface area contributed by atoms with Crippen molar-refractivity contribution in [2.24, 2.45) is 28.6 Å². The van der Waals surface area contributed by atoms with E-state index in [2.05, 4.69) is 19.9 Å². The predicted octanol–water partition coefficient (Wildman–Crippen LogP) is 3.61. The van der Waals surface area contributed by atoms with Gasteiger partial charge in [-0.25, -0.2) is 0 Å². The predicted molar refractivity (Wildman–Crippen MR) is 92.2 cm³/mol. The van der Waals surface area contributed by atoms with E-state index in [-0.39, 0.29) is 28.4 Å². The maximum atomic E-state index is 12.1. The molecule has 130 valence electrons.